The number of aliphatic hydroxyl groups excluding tert-OH is 1. The highest BCUT2D eigenvalue weighted by Gasteiger charge is 2.23. The van der Waals surface area contributed by atoms with Crippen molar-refractivity contribution in [1.29, 1.82) is 0 Å². The van der Waals surface area contributed by atoms with E-state index in [1.807, 2.05) is 0 Å². The molecule has 1 atom stereocenters. The molecule has 0 aliphatic carbocycles. The summed E-state index contributed by atoms with van der Waals surface area (Å²) in [5, 5.41) is 9.32. The predicted molar refractivity (Wildman–Crippen MR) is 59.7 cm³/mol. The molecule has 0 spiro atoms. The lowest BCUT2D eigenvalue weighted by Crippen LogP contribution is -2.29. The highest BCUT2D eigenvalue weighted by atomic mass is 19.1. The number of rotatable bonds is 3. The van der Waals surface area contributed by atoms with E-state index in [1.165, 1.54) is 6.07 Å². The maximum atomic E-state index is 12.9. The van der Waals surface area contributed by atoms with E-state index in [9.17, 15) is 14.3 Å². The standard InChI is InChI=1S/C12H15FN2O2/c13-10-5-9(6-14-7-10)1-2-12(17)15-4-3-11(16)8-15/h5-7,11,16H,1-4,8H2/t11-/m1/s1. The second-order valence-electron chi connectivity index (χ2n) is 4.29. The molecular weight excluding hydrogens is 223 g/mol. The Morgan fingerprint density at radius 3 is 3.06 bits per heavy atom. The number of pyridine rings is 1. The fourth-order valence-corrected chi connectivity index (χ4v) is 1.97. The smallest absolute Gasteiger partial charge is 0.222 e. The predicted octanol–water partition coefficient (Wildman–Crippen LogP) is 0.746. The van der Waals surface area contributed by atoms with Crippen molar-refractivity contribution in [1.82, 2.24) is 9.88 Å². The minimum absolute atomic E-state index is 0.00538. The van der Waals surface area contributed by atoms with E-state index in [2.05, 4.69) is 4.98 Å². The molecule has 1 fully saturated rings. The van der Waals surface area contributed by atoms with Gasteiger partial charge in [0.25, 0.3) is 0 Å². The van der Waals surface area contributed by atoms with Crippen LogP contribution in [-0.4, -0.2) is 40.1 Å². The fourth-order valence-electron chi connectivity index (χ4n) is 1.97. The molecule has 17 heavy (non-hydrogen) atoms. The van der Waals surface area contributed by atoms with Crippen molar-refractivity contribution in [3.05, 3.63) is 29.8 Å². The normalized spacial score (nSPS) is 19.6. The Morgan fingerprint density at radius 2 is 2.41 bits per heavy atom. The number of aliphatic hydroxyl groups is 1. The summed E-state index contributed by atoms with van der Waals surface area (Å²) in [6.07, 6.45) is 3.77. The molecule has 0 saturated carbocycles. The zero-order chi connectivity index (χ0) is 12.3. The zero-order valence-corrected chi connectivity index (χ0v) is 9.47. The van der Waals surface area contributed by atoms with Gasteiger partial charge in [-0.25, -0.2) is 4.39 Å². The highest BCUT2D eigenvalue weighted by Crippen LogP contribution is 2.12. The molecule has 1 N–H and O–H groups in total. The van der Waals surface area contributed by atoms with Gasteiger partial charge in [-0.1, -0.05) is 0 Å². The number of β-amino-alcohol motifs (C(OH)–C–C–N with tert-alkyl or cyclic N) is 1. The van der Waals surface area contributed by atoms with Crippen LogP contribution < -0.4 is 0 Å². The first-order chi connectivity index (χ1) is 8.15. The lowest BCUT2D eigenvalue weighted by atomic mass is 10.1. The van der Waals surface area contributed by atoms with E-state index >= 15 is 0 Å². The molecule has 4 nitrogen and oxygen atoms in total. The molecule has 0 unspecified atom stereocenters. The molecule has 1 aliphatic rings. The minimum Gasteiger partial charge on any atom is -0.391 e. The van der Waals surface area contributed by atoms with Crippen LogP contribution in [0.5, 0.6) is 0 Å². The first-order valence-electron chi connectivity index (χ1n) is 5.70. The van der Waals surface area contributed by atoms with Crippen LogP contribution in [0.2, 0.25) is 0 Å². The molecule has 1 aromatic heterocycles. The third-order valence-corrected chi connectivity index (χ3v) is 2.91. The molecule has 1 aromatic rings. The van der Waals surface area contributed by atoms with Gasteiger partial charge in [-0.05, 0) is 24.5 Å². The second kappa shape index (κ2) is 5.23. The maximum absolute atomic E-state index is 12.9. The number of carbonyl (C=O) groups is 1. The van der Waals surface area contributed by atoms with Crippen molar-refractivity contribution < 1.29 is 14.3 Å². The van der Waals surface area contributed by atoms with E-state index in [1.54, 1.807) is 11.1 Å². The number of nitrogens with zero attached hydrogens (tertiary/aromatic N) is 2. The lowest BCUT2D eigenvalue weighted by Gasteiger charge is -2.15. The van der Waals surface area contributed by atoms with Crippen LogP contribution >= 0.6 is 0 Å². The summed E-state index contributed by atoms with van der Waals surface area (Å²) in [7, 11) is 0. The van der Waals surface area contributed by atoms with Crippen LogP contribution in [-0.2, 0) is 11.2 Å². The van der Waals surface area contributed by atoms with Gasteiger partial charge in [-0.15, -0.1) is 0 Å². The topological polar surface area (TPSA) is 53.4 Å². The summed E-state index contributed by atoms with van der Waals surface area (Å²) in [5.74, 6) is -0.377. The highest BCUT2D eigenvalue weighted by molar-refractivity contribution is 5.76. The maximum Gasteiger partial charge on any atom is 0.222 e. The first kappa shape index (κ1) is 12.0. The quantitative estimate of drug-likeness (QED) is 0.845. The number of halogens is 1. The molecule has 0 bridgehead atoms. The molecule has 5 heteroatoms. The van der Waals surface area contributed by atoms with Gasteiger partial charge in [0, 0.05) is 25.7 Å². The number of likely N-dealkylation sites (tertiary alicyclic amines) is 1. The minimum atomic E-state index is -0.394. The lowest BCUT2D eigenvalue weighted by molar-refractivity contribution is -0.130. The van der Waals surface area contributed by atoms with Crippen LogP contribution in [0.4, 0.5) is 4.39 Å². The van der Waals surface area contributed by atoms with Crippen LogP contribution in [0.3, 0.4) is 0 Å². The van der Waals surface area contributed by atoms with Crippen molar-refractivity contribution in [2.45, 2.75) is 25.4 Å². The largest absolute Gasteiger partial charge is 0.391 e. The summed E-state index contributed by atoms with van der Waals surface area (Å²) in [6, 6.07) is 1.39. The number of aryl methyl sites for hydroxylation is 1. The van der Waals surface area contributed by atoms with Gasteiger partial charge >= 0.3 is 0 Å². The van der Waals surface area contributed by atoms with Crippen molar-refractivity contribution in [3.8, 4) is 0 Å². The third-order valence-electron chi connectivity index (χ3n) is 2.91. The molecule has 1 saturated heterocycles. The van der Waals surface area contributed by atoms with Gasteiger partial charge in [0.05, 0.1) is 12.3 Å². The van der Waals surface area contributed by atoms with Gasteiger partial charge in [0.15, 0.2) is 0 Å². The second-order valence-corrected chi connectivity index (χ2v) is 4.29. The van der Waals surface area contributed by atoms with Crippen LogP contribution in [0, 0.1) is 5.82 Å². The molecule has 0 aromatic carbocycles. The number of amides is 1. The number of aromatic nitrogens is 1. The van der Waals surface area contributed by atoms with E-state index < -0.39 is 6.10 Å². The van der Waals surface area contributed by atoms with Gasteiger partial charge in [-0.2, -0.15) is 0 Å². The molecule has 1 amide bonds. The van der Waals surface area contributed by atoms with Gasteiger partial charge < -0.3 is 10.0 Å². The van der Waals surface area contributed by atoms with Crippen molar-refractivity contribution in [3.63, 3.8) is 0 Å². The van der Waals surface area contributed by atoms with Crippen molar-refractivity contribution >= 4 is 5.91 Å². The van der Waals surface area contributed by atoms with E-state index in [0.717, 1.165) is 11.8 Å². The van der Waals surface area contributed by atoms with Crippen LogP contribution in [0.25, 0.3) is 0 Å². The van der Waals surface area contributed by atoms with Crippen LogP contribution in [0.15, 0.2) is 18.5 Å². The van der Waals surface area contributed by atoms with E-state index in [-0.39, 0.29) is 11.7 Å². The number of hydrogen-bond donors (Lipinski definition) is 1. The third kappa shape index (κ3) is 3.23. The van der Waals surface area contributed by atoms with Crippen LogP contribution in [0.1, 0.15) is 18.4 Å². The summed E-state index contributed by atoms with van der Waals surface area (Å²) in [6.45, 7) is 1.03. The summed E-state index contributed by atoms with van der Waals surface area (Å²) >= 11 is 0. The Bertz CT molecular complexity index is 411. The van der Waals surface area contributed by atoms with Crippen molar-refractivity contribution in [2.75, 3.05) is 13.1 Å². The summed E-state index contributed by atoms with van der Waals surface area (Å²) in [5.41, 5.74) is 0.720. The summed E-state index contributed by atoms with van der Waals surface area (Å²) < 4.78 is 12.9. The molecule has 1 aliphatic heterocycles. The molecule has 2 heterocycles. The Kier molecular flexibility index (Phi) is 3.68. The van der Waals surface area contributed by atoms with E-state index in [0.29, 0.717) is 32.4 Å². The molecular formula is C12H15FN2O2. The average molecular weight is 238 g/mol. The molecule has 92 valence electrons. The van der Waals surface area contributed by atoms with E-state index in [4.69, 9.17) is 0 Å². The molecule has 2 rings (SSSR count). The Morgan fingerprint density at radius 1 is 1.59 bits per heavy atom. The average Bonchev–Trinajstić information content (AvgIpc) is 2.73. The number of hydrogen-bond acceptors (Lipinski definition) is 3. The fraction of sp³-hybridized carbons (Fsp3) is 0.500. The Hall–Kier alpha value is -1.49. The number of carbonyl (C=O) groups excluding carboxylic acids is 1. The first-order valence-corrected chi connectivity index (χ1v) is 5.70. The van der Waals surface area contributed by atoms with Gasteiger partial charge in [0.1, 0.15) is 5.82 Å². The summed E-state index contributed by atoms with van der Waals surface area (Å²) in [4.78, 5) is 17.1. The zero-order valence-electron chi connectivity index (χ0n) is 9.47. The Balaban J connectivity index is 1.84. The Labute approximate surface area is 99.1 Å². The SMILES string of the molecule is O=C(CCc1cncc(F)c1)N1CC[C@@H](O)C1. The van der Waals surface area contributed by atoms with Gasteiger partial charge in [-0.3, -0.25) is 9.78 Å². The van der Waals surface area contributed by atoms with Crippen molar-refractivity contribution in [2.24, 2.45) is 0 Å². The molecule has 0 radical (unpaired) electrons. The monoisotopic (exact) mass is 238 g/mol. The van der Waals surface area contributed by atoms with Gasteiger partial charge in [0.2, 0.25) is 5.91 Å².